The Balaban J connectivity index is 2.79. The lowest BCUT2D eigenvalue weighted by Gasteiger charge is -2.27. The van der Waals surface area contributed by atoms with Gasteiger partial charge in [0.1, 0.15) is 5.75 Å². The summed E-state index contributed by atoms with van der Waals surface area (Å²) in [7, 11) is -2.01. The number of hydrogen-bond donors (Lipinski definition) is 1. The monoisotopic (exact) mass is 312 g/mol. The van der Waals surface area contributed by atoms with E-state index in [1.54, 1.807) is 13.0 Å². The van der Waals surface area contributed by atoms with E-state index in [9.17, 15) is 18.3 Å². The fourth-order valence-corrected chi connectivity index (χ4v) is 4.18. The molecule has 0 aliphatic heterocycles. The van der Waals surface area contributed by atoms with Crippen molar-refractivity contribution in [1.29, 1.82) is 0 Å². The molecule has 1 aromatic rings. The quantitative estimate of drug-likeness (QED) is 0.922. The summed E-state index contributed by atoms with van der Waals surface area (Å²) in [6, 6.07) is 3.11. The van der Waals surface area contributed by atoms with Gasteiger partial charge in [-0.3, -0.25) is 4.79 Å². The van der Waals surface area contributed by atoms with Crippen LogP contribution in [0.4, 0.5) is 0 Å². The number of carbonyl (C=O) groups is 1. The molecule has 0 spiro atoms. The van der Waals surface area contributed by atoms with E-state index in [0.29, 0.717) is 29.7 Å². The SMILES string of the molecule is COc1cc(C2(C(=O)O)CCCC2)c(S(C)(=O)=O)cc1C. The predicted molar refractivity (Wildman–Crippen MR) is 78.6 cm³/mol. The number of aliphatic carboxylic acids is 1. The van der Waals surface area contributed by atoms with Crippen LogP contribution in [0.5, 0.6) is 5.75 Å². The highest BCUT2D eigenvalue weighted by Gasteiger charge is 2.45. The minimum Gasteiger partial charge on any atom is -0.496 e. The van der Waals surface area contributed by atoms with E-state index < -0.39 is 21.2 Å². The van der Waals surface area contributed by atoms with Gasteiger partial charge in [0.05, 0.1) is 17.4 Å². The van der Waals surface area contributed by atoms with Crippen molar-refractivity contribution in [1.82, 2.24) is 0 Å². The molecule has 0 atom stereocenters. The molecule has 116 valence electrons. The number of benzene rings is 1. The molecule has 0 heterocycles. The zero-order valence-electron chi connectivity index (χ0n) is 12.5. The molecule has 1 aliphatic carbocycles. The van der Waals surface area contributed by atoms with Crippen LogP contribution >= 0.6 is 0 Å². The number of rotatable bonds is 4. The van der Waals surface area contributed by atoms with Crippen LogP contribution in [-0.4, -0.2) is 32.9 Å². The molecule has 5 nitrogen and oxygen atoms in total. The highest BCUT2D eigenvalue weighted by atomic mass is 32.2. The van der Waals surface area contributed by atoms with E-state index in [1.807, 2.05) is 0 Å². The summed E-state index contributed by atoms with van der Waals surface area (Å²) in [6.45, 7) is 1.75. The number of methoxy groups -OCH3 is 1. The second kappa shape index (κ2) is 5.33. The Hall–Kier alpha value is -1.56. The molecule has 1 fully saturated rings. The van der Waals surface area contributed by atoms with Gasteiger partial charge < -0.3 is 9.84 Å². The molecule has 1 aliphatic rings. The highest BCUT2D eigenvalue weighted by Crippen LogP contribution is 2.45. The van der Waals surface area contributed by atoms with Crippen LogP contribution in [0, 0.1) is 6.92 Å². The van der Waals surface area contributed by atoms with Crippen molar-refractivity contribution in [3.05, 3.63) is 23.3 Å². The fourth-order valence-electron chi connectivity index (χ4n) is 3.14. The van der Waals surface area contributed by atoms with Gasteiger partial charge in [0.25, 0.3) is 0 Å². The maximum Gasteiger partial charge on any atom is 0.314 e. The molecule has 1 aromatic carbocycles. The van der Waals surface area contributed by atoms with Crippen molar-refractivity contribution < 1.29 is 23.1 Å². The van der Waals surface area contributed by atoms with E-state index in [-0.39, 0.29) is 4.90 Å². The minimum absolute atomic E-state index is 0.102. The van der Waals surface area contributed by atoms with Gasteiger partial charge in [-0.15, -0.1) is 0 Å². The average Bonchev–Trinajstić information content (AvgIpc) is 2.88. The molecular weight excluding hydrogens is 292 g/mol. The number of carboxylic acid groups (broad SMARTS) is 1. The molecule has 2 rings (SSSR count). The average molecular weight is 312 g/mol. The Labute approximate surface area is 124 Å². The minimum atomic E-state index is -3.51. The maximum absolute atomic E-state index is 12.1. The zero-order chi connectivity index (χ0) is 15.8. The number of carboxylic acids is 1. The van der Waals surface area contributed by atoms with Crippen LogP contribution in [0.1, 0.15) is 36.8 Å². The molecule has 0 unspecified atom stereocenters. The second-order valence-electron chi connectivity index (χ2n) is 5.68. The third-order valence-corrected chi connectivity index (χ3v) is 5.42. The smallest absolute Gasteiger partial charge is 0.314 e. The Bertz CT molecular complexity index is 670. The lowest BCUT2D eigenvalue weighted by Crippen LogP contribution is -2.34. The van der Waals surface area contributed by atoms with E-state index in [0.717, 1.165) is 19.1 Å². The van der Waals surface area contributed by atoms with Crippen molar-refractivity contribution in [3.63, 3.8) is 0 Å². The number of ether oxygens (including phenoxy) is 1. The van der Waals surface area contributed by atoms with Crippen LogP contribution < -0.4 is 4.74 Å². The summed E-state index contributed by atoms with van der Waals surface area (Å²) in [5, 5.41) is 9.70. The van der Waals surface area contributed by atoms with E-state index in [4.69, 9.17) is 4.74 Å². The molecule has 0 aromatic heterocycles. The summed E-state index contributed by atoms with van der Waals surface area (Å²) in [4.78, 5) is 12.0. The van der Waals surface area contributed by atoms with Gasteiger partial charge >= 0.3 is 5.97 Å². The summed E-state index contributed by atoms with van der Waals surface area (Å²) in [5.74, 6) is -0.444. The van der Waals surface area contributed by atoms with E-state index in [2.05, 4.69) is 0 Å². The van der Waals surface area contributed by atoms with Crippen molar-refractivity contribution in [2.75, 3.05) is 13.4 Å². The van der Waals surface area contributed by atoms with Crippen LogP contribution in [0.3, 0.4) is 0 Å². The first-order valence-corrected chi connectivity index (χ1v) is 8.74. The Morgan fingerprint density at radius 1 is 1.29 bits per heavy atom. The summed E-state index contributed by atoms with van der Waals surface area (Å²) < 4.78 is 29.4. The van der Waals surface area contributed by atoms with Gasteiger partial charge in [0.2, 0.25) is 0 Å². The fraction of sp³-hybridized carbons (Fsp3) is 0.533. The molecule has 0 saturated heterocycles. The van der Waals surface area contributed by atoms with E-state index >= 15 is 0 Å². The third kappa shape index (κ3) is 2.64. The van der Waals surface area contributed by atoms with Crippen LogP contribution in [0.2, 0.25) is 0 Å². The molecule has 1 saturated carbocycles. The van der Waals surface area contributed by atoms with Crippen molar-refractivity contribution >= 4 is 15.8 Å². The largest absolute Gasteiger partial charge is 0.496 e. The van der Waals surface area contributed by atoms with Crippen molar-refractivity contribution in [2.45, 2.75) is 42.9 Å². The third-order valence-electron chi connectivity index (χ3n) is 4.28. The maximum atomic E-state index is 12.1. The summed E-state index contributed by atoms with van der Waals surface area (Å²) in [6.07, 6.45) is 3.59. The van der Waals surface area contributed by atoms with Gasteiger partial charge in [-0.05, 0) is 43.0 Å². The van der Waals surface area contributed by atoms with Gasteiger partial charge in [0.15, 0.2) is 9.84 Å². The molecule has 0 bridgehead atoms. The molecule has 0 radical (unpaired) electrons. The normalized spacial score (nSPS) is 17.7. The first-order valence-electron chi connectivity index (χ1n) is 6.85. The second-order valence-corrected chi connectivity index (χ2v) is 7.67. The summed E-state index contributed by atoms with van der Waals surface area (Å²) >= 11 is 0. The van der Waals surface area contributed by atoms with Crippen molar-refractivity contribution in [3.8, 4) is 5.75 Å². The molecule has 6 heteroatoms. The highest BCUT2D eigenvalue weighted by molar-refractivity contribution is 7.90. The Morgan fingerprint density at radius 3 is 2.29 bits per heavy atom. The summed E-state index contributed by atoms with van der Waals surface area (Å²) in [5.41, 5.74) is -0.0861. The lowest BCUT2D eigenvalue weighted by atomic mass is 9.78. The first-order chi connectivity index (χ1) is 9.72. The molecule has 21 heavy (non-hydrogen) atoms. The van der Waals surface area contributed by atoms with Gasteiger partial charge in [-0.1, -0.05) is 12.8 Å². The number of hydrogen-bond acceptors (Lipinski definition) is 4. The standard InChI is InChI=1S/C15H20O5S/c1-10-8-13(21(3,18)19)11(9-12(10)20-2)15(14(16)17)6-4-5-7-15/h8-9H,4-7H2,1-3H3,(H,16,17). The number of sulfone groups is 1. The molecule has 1 N–H and O–H groups in total. The van der Waals surface area contributed by atoms with Crippen molar-refractivity contribution in [2.24, 2.45) is 0 Å². The van der Waals surface area contributed by atoms with E-state index in [1.165, 1.54) is 13.2 Å². The van der Waals surface area contributed by atoms with Crippen LogP contribution in [0.25, 0.3) is 0 Å². The lowest BCUT2D eigenvalue weighted by molar-refractivity contribution is -0.143. The first kappa shape index (κ1) is 15.8. The van der Waals surface area contributed by atoms with Gasteiger partial charge in [-0.2, -0.15) is 0 Å². The number of aryl methyl sites for hydroxylation is 1. The Morgan fingerprint density at radius 2 is 1.86 bits per heavy atom. The van der Waals surface area contributed by atoms with Crippen LogP contribution in [0.15, 0.2) is 17.0 Å². The topological polar surface area (TPSA) is 80.7 Å². The predicted octanol–water partition coefficient (Wildman–Crippen LogP) is 2.30. The van der Waals surface area contributed by atoms with Gasteiger partial charge in [-0.25, -0.2) is 8.42 Å². The molecule has 0 amide bonds. The van der Waals surface area contributed by atoms with Gasteiger partial charge in [0, 0.05) is 6.26 Å². The molecular formula is C15H20O5S. The van der Waals surface area contributed by atoms with Crippen LogP contribution in [-0.2, 0) is 20.0 Å². The zero-order valence-corrected chi connectivity index (χ0v) is 13.3. The Kier molecular flexibility index (Phi) is 4.02.